The van der Waals surface area contributed by atoms with E-state index in [0.29, 0.717) is 0 Å². The van der Waals surface area contributed by atoms with E-state index < -0.39 is 0 Å². The molecule has 88 valence electrons. The fourth-order valence-corrected chi connectivity index (χ4v) is 2.28. The Morgan fingerprint density at radius 1 is 1.31 bits per heavy atom. The van der Waals surface area contributed by atoms with Gasteiger partial charge >= 0.3 is 5.97 Å². The second-order valence-corrected chi connectivity index (χ2v) is 4.97. The molecule has 4 heteroatoms. The average molecular weight is 242 g/mol. The molecule has 0 spiro atoms. The monoisotopic (exact) mass is 242 g/mol. The van der Waals surface area contributed by atoms with E-state index in [1.165, 1.54) is 31.0 Å². The van der Waals surface area contributed by atoms with Crippen LogP contribution in [0.2, 0.25) is 0 Å². The summed E-state index contributed by atoms with van der Waals surface area (Å²) in [6.07, 6.45) is 0. The van der Waals surface area contributed by atoms with Gasteiger partial charge in [-0.15, -0.1) is 11.8 Å². The molecule has 0 aromatic heterocycles. The lowest BCUT2D eigenvalue weighted by Gasteiger charge is -2.17. The lowest BCUT2D eigenvalue weighted by atomic mass is 10.1. The van der Waals surface area contributed by atoms with Crippen molar-refractivity contribution in [3.05, 3.63) is 30.1 Å². The average Bonchev–Trinajstić information content (AvgIpc) is 2.27. The van der Waals surface area contributed by atoms with Crippen molar-refractivity contribution in [2.24, 2.45) is 5.92 Å². The van der Waals surface area contributed by atoms with Gasteiger partial charge < -0.3 is 4.74 Å². The quantitative estimate of drug-likeness (QED) is 0.599. The summed E-state index contributed by atoms with van der Waals surface area (Å²) in [4.78, 5) is 12.4. The number of halogens is 1. The first-order valence-electron chi connectivity index (χ1n) is 5.04. The molecule has 0 fully saturated rings. The van der Waals surface area contributed by atoms with Crippen LogP contribution >= 0.6 is 11.8 Å². The molecule has 0 aliphatic heterocycles. The molecule has 1 aromatic rings. The number of benzene rings is 1. The van der Waals surface area contributed by atoms with E-state index in [0.717, 1.165) is 4.90 Å². The number of carbonyl (C=O) groups excluding carboxylic acids is 1. The first-order chi connectivity index (χ1) is 7.54. The SMILES string of the molecule is COC(=O)C(Sc1ccc(F)cc1)C(C)C. The molecule has 1 rings (SSSR count). The topological polar surface area (TPSA) is 26.3 Å². The lowest BCUT2D eigenvalue weighted by molar-refractivity contribution is -0.140. The fraction of sp³-hybridized carbons (Fsp3) is 0.417. The molecule has 1 aromatic carbocycles. The third kappa shape index (κ3) is 3.52. The summed E-state index contributed by atoms with van der Waals surface area (Å²) in [6, 6.07) is 6.10. The molecule has 1 atom stereocenters. The molecular weight excluding hydrogens is 227 g/mol. The normalized spacial score (nSPS) is 12.6. The van der Waals surface area contributed by atoms with Crippen molar-refractivity contribution in [3.63, 3.8) is 0 Å². The minimum absolute atomic E-state index is 0.169. The molecule has 0 radical (unpaired) electrons. The van der Waals surface area contributed by atoms with Crippen molar-refractivity contribution in [2.75, 3.05) is 7.11 Å². The van der Waals surface area contributed by atoms with E-state index in [4.69, 9.17) is 4.74 Å². The van der Waals surface area contributed by atoms with E-state index in [-0.39, 0.29) is 23.0 Å². The van der Waals surface area contributed by atoms with E-state index in [9.17, 15) is 9.18 Å². The zero-order chi connectivity index (χ0) is 12.1. The Morgan fingerprint density at radius 3 is 2.31 bits per heavy atom. The maximum atomic E-state index is 12.7. The van der Waals surface area contributed by atoms with Gasteiger partial charge in [0.1, 0.15) is 11.1 Å². The summed E-state index contributed by atoms with van der Waals surface area (Å²) in [7, 11) is 1.38. The number of ether oxygens (including phenoxy) is 1. The van der Waals surface area contributed by atoms with Crippen LogP contribution < -0.4 is 0 Å². The van der Waals surface area contributed by atoms with Crippen LogP contribution in [0.15, 0.2) is 29.2 Å². The van der Waals surface area contributed by atoms with Crippen molar-refractivity contribution in [1.29, 1.82) is 0 Å². The van der Waals surface area contributed by atoms with Gasteiger partial charge in [-0.3, -0.25) is 4.79 Å². The molecule has 0 saturated heterocycles. The van der Waals surface area contributed by atoms with Gasteiger partial charge in [0.2, 0.25) is 0 Å². The van der Waals surface area contributed by atoms with Crippen LogP contribution in [0.1, 0.15) is 13.8 Å². The van der Waals surface area contributed by atoms with Crippen LogP contribution in [0.25, 0.3) is 0 Å². The second-order valence-electron chi connectivity index (χ2n) is 3.76. The molecule has 0 amide bonds. The molecule has 1 unspecified atom stereocenters. The number of hydrogen-bond acceptors (Lipinski definition) is 3. The van der Waals surface area contributed by atoms with Gasteiger partial charge in [0.05, 0.1) is 7.11 Å². The van der Waals surface area contributed by atoms with Crippen molar-refractivity contribution < 1.29 is 13.9 Å². The van der Waals surface area contributed by atoms with Gasteiger partial charge in [0, 0.05) is 4.90 Å². The van der Waals surface area contributed by atoms with Crippen molar-refractivity contribution in [1.82, 2.24) is 0 Å². The van der Waals surface area contributed by atoms with E-state index in [2.05, 4.69) is 0 Å². The van der Waals surface area contributed by atoms with E-state index in [1.54, 1.807) is 12.1 Å². The number of hydrogen-bond donors (Lipinski definition) is 0. The highest BCUT2D eigenvalue weighted by Crippen LogP contribution is 2.28. The Balaban J connectivity index is 2.75. The molecule has 0 bridgehead atoms. The minimum atomic E-state index is -0.275. The highest BCUT2D eigenvalue weighted by Gasteiger charge is 2.24. The molecule has 0 saturated carbocycles. The smallest absolute Gasteiger partial charge is 0.319 e. The number of methoxy groups -OCH3 is 1. The van der Waals surface area contributed by atoms with Crippen molar-refractivity contribution in [3.8, 4) is 0 Å². The van der Waals surface area contributed by atoms with Crippen LogP contribution in [0.3, 0.4) is 0 Å². The van der Waals surface area contributed by atoms with Crippen LogP contribution in [0, 0.1) is 11.7 Å². The summed E-state index contributed by atoms with van der Waals surface area (Å²) in [5.74, 6) is -0.352. The highest BCUT2D eigenvalue weighted by atomic mass is 32.2. The van der Waals surface area contributed by atoms with Crippen LogP contribution in [0.4, 0.5) is 4.39 Å². The van der Waals surface area contributed by atoms with Gasteiger partial charge in [-0.2, -0.15) is 0 Å². The van der Waals surface area contributed by atoms with Gasteiger partial charge in [-0.25, -0.2) is 4.39 Å². The van der Waals surface area contributed by atoms with Crippen LogP contribution in [0.5, 0.6) is 0 Å². The summed E-state index contributed by atoms with van der Waals surface area (Å²) in [6.45, 7) is 3.91. The van der Waals surface area contributed by atoms with Crippen molar-refractivity contribution >= 4 is 17.7 Å². The number of esters is 1. The zero-order valence-electron chi connectivity index (χ0n) is 9.57. The van der Waals surface area contributed by atoms with Gasteiger partial charge in [0.25, 0.3) is 0 Å². The highest BCUT2D eigenvalue weighted by molar-refractivity contribution is 8.00. The molecule has 0 heterocycles. The maximum absolute atomic E-state index is 12.7. The Bertz CT molecular complexity index is 349. The molecule has 2 nitrogen and oxygen atoms in total. The minimum Gasteiger partial charge on any atom is -0.468 e. The lowest BCUT2D eigenvalue weighted by Crippen LogP contribution is -2.24. The molecule has 16 heavy (non-hydrogen) atoms. The molecule has 0 aliphatic carbocycles. The predicted molar refractivity (Wildman–Crippen MR) is 62.9 cm³/mol. The Kier molecular flexibility index (Phi) is 4.80. The Labute approximate surface area is 99.2 Å². The number of rotatable bonds is 4. The fourth-order valence-electron chi connectivity index (χ4n) is 1.23. The standard InChI is InChI=1S/C12H15FO2S/c1-8(2)11(12(14)15-3)16-10-6-4-9(13)5-7-10/h4-8,11H,1-3H3. The number of thioether (sulfide) groups is 1. The predicted octanol–water partition coefficient (Wildman–Crippen LogP) is 3.12. The Morgan fingerprint density at radius 2 is 1.88 bits per heavy atom. The van der Waals surface area contributed by atoms with Gasteiger partial charge in [-0.1, -0.05) is 13.8 Å². The molecule has 0 aliphatic rings. The number of carbonyl (C=O) groups is 1. The van der Waals surface area contributed by atoms with Gasteiger partial charge in [0.15, 0.2) is 0 Å². The first kappa shape index (κ1) is 13.0. The summed E-state index contributed by atoms with van der Waals surface area (Å²) < 4.78 is 17.4. The third-order valence-electron chi connectivity index (χ3n) is 2.12. The first-order valence-corrected chi connectivity index (χ1v) is 5.92. The zero-order valence-corrected chi connectivity index (χ0v) is 10.4. The summed E-state index contributed by atoms with van der Waals surface area (Å²) >= 11 is 1.40. The van der Waals surface area contributed by atoms with Gasteiger partial charge in [-0.05, 0) is 30.2 Å². The summed E-state index contributed by atoms with van der Waals surface area (Å²) in [5, 5.41) is -0.254. The molecule has 0 N–H and O–H groups in total. The van der Waals surface area contributed by atoms with Crippen molar-refractivity contribution in [2.45, 2.75) is 24.0 Å². The largest absolute Gasteiger partial charge is 0.468 e. The Hall–Kier alpha value is -1.03. The van der Waals surface area contributed by atoms with E-state index >= 15 is 0 Å². The second kappa shape index (κ2) is 5.89. The maximum Gasteiger partial charge on any atom is 0.319 e. The van der Waals surface area contributed by atoms with Crippen LogP contribution in [-0.4, -0.2) is 18.3 Å². The third-order valence-corrected chi connectivity index (χ3v) is 3.65. The van der Waals surface area contributed by atoms with E-state index in [1.807, 2.05) is 13.8 Å². The molecular formula is C12H15FO2S. The van der Waals surface area contributed by atoms with Crippen LogP contribution in [-0.2, 0) is 9.53 Å². The summed E-state index contributed by atoms with van der Waals surface area (Å²) in [5.41, 5.74) is 0.